The van der Waals surface area contributed by atoms with Gasteiger partial charge in [0.1, 0.15) is 24.4 Å². The molecule has 4 saturated carbocycles. The first-order valence-electron chi connectivity index (χ1n) is 13.1. The van der Waals surface area contributed by atoms with Crippen molar-refractivity contribution in [1.82, 2.24) is 0 Å². The van der Waals surface area contributed by atoms with Crippen LogP contribution in [-0.4, -0.2) is 59.5 Å². The molecule has 10 atom stereocenters. The number of hydrogen-bond acceptors (Lipinski definition) is 9. The lowest BCUT2D eigenvalue weighted by molar-refractivity contribution is -0.294. The van der Waals surface area contributed by atoms with Crippen molar-refractivity contribution in [3.63, 3.8) is 0 Å². The van der Waals surface area contributed by atoms with Crippen LogP contribution in [0.15, 0.2) is 12.2 Å². The van der Waals surface area contributed by atoms with E-state index in [1.165, 1.54) is 27.7 Å². The number of hydrogen-bond donors (Lipinski definition) is 1. The molecule has 0 radical (unpaired) electrons. The molecule has 9 nitrogen and oxygen atoms in total. The van der Waals surface area contributed by atoms with Gasteiger partial charge in [-0.3, -0.25) is 19.2 Å². The van der Waals surface area contributed by atoms with Gasteiger partial charge in [0.2, 0.25) is 0 Å². The second-order valence-corrected chi connectivity index (χ2v) is 12.4. The summed E-state index contributed by atoms with van der Waals surface area (Å²) in [5, 5.41) is 11.2. The monoisotopic (exact) mass is 520 g/mol. The zero-order chi connectivity index (χ0) is 27.7. The van der Waals surface area contributed by atoms with Crippen LogP contribution in [-0.2, 0) is 38.1 Å². The molecule has 206 valence electrons. The van der Waals surface area contributed by atoms with E-state index < -0.39 is 76.6 Å². The predicted octanol–water partition coefficient (Wildman–Crippen LogP) is 3.11. The fourth-order valence-electron chi connectivity index (χ4n) is 8.83. The summed E-state index contributed by atoms with van der Waals surface area (Å²) in [5.74, 6) is -2.79. The summed E-state index contributed by atoms with van der Waals surface area (Å²) in [6, 6.07) is 0. The summed E-state index contributed by atoms with van der Waals surface area (Å²) >= 11 is 0. The van der Waals surface area contributed by atoms with Crippen molar-refractivity contribution in [2.75, 3.05) is 0 Å². The summed E-state index contributed by atoms with van der Waals surface area (Å²) in [4.78, 5) is 49.5. The van der Waals surface area contributed by atoms with E-state index in [2.05, 4.69) is 6.58 Å². The molecule has 4 fully saturated rings. The summed E-state index contributed by atoms with van der Waals surface area (Å²) in [6.07, 6.45) is -2.00. The molecule has 9 heteroatoms. The molecule has 0 aromatic heterocycles. The Morgan fingerprint density at radius 2 is 1.35 bits per heavy atom. The van der Waals surface area contributed by atoms with E-state index in [0.717, 1.165) is 0 Å². The predicted molar refractivity (Wildman–Crippen MR) is 131 cm³/mol. The minimum Gasteiger partial charge on any atom is -0.462 e. The Hall–Kier alpha value is -2.42. The summed E-state index contributed by atoms with van der Waals surface area (Å²) in [7, 11) is 0. The highest BCUT2D eigenvalue weighted by Crippen LogP contribution is 2.73. The molecule has 1 N–H and O–H groups in total. The van der Waals surface area contributed by atoms with Gasteiger partial charge >= 0.3 is 23.9 Å². The van der Waals surface area contributed by atoms with Crippen LogP contribution in [0.5, 0.6) is 0 Å². The Kier molecular flexibility index (Phi) is 6.79. The lowest BCUT2D eigenvalue weighted by Crippen LogP contribution is -2.73. The fraction of sp³-hybridized carbons (Fsp3) is 0.786. The Morgan fingerprint density at radius 3 is 1.89 bits per heavy atom. The number of aliphatic hydroxyl groups is 1. The molecule has 0 aromatic rings. The minimum absolute atomic E-state index is 0.113. The van der Waals surface area contributed by atoms with Crippen LogP contribution < -0.4 is 0 Å². The van der Waals surface area contributed by atoms with Gasteiger partial charge in [-0.1, -0.05) is 27.4 Å². The van der Waals surface area contributed by atoms with E-state index in [9.17, 15) is 24.3 Å². The Bertz CT molecular complexity index is 1020. The van der Waals surface area contributed by atoms with Gasteiger partial charge in [0.25, 0.3) is 0 Å². The highest BCUT2D eigenvalue weighted by molar-refractivity contribution is 5.68. The van der Waals surface area contributed by atoms with Gasteiger partial charge < -0.3 is 24.1 Å². The Balaban J connectivity index is 2.01. The zero-order valence-electron chi connectivity index (χ0n) is 22.9. The van der Waals surface area contributed by atoms with Crippen molar-refractivity contribution in [3.8, 4) is 0 Å². The number of carbonyl (C=O) groups is 4. The molecule has 2 bridgehead atoms. The first-order chi connectivity index (χ1) is 17.1. The van der Waals surface area contributed by atoms with E-state index >= 15 is 0 Å². The smallest absolute Gasteiger partial charge is 0.303 e. The third-order valence-corrected chi connectivity index (χ3v) is 9.99. The van der Waals surface area contributed by atoms with E-state index in [1.807, 2.05) is 20.8 Å². The summed E-state index contributed by atoms with van der Waals surface area (Å²) in [5.41, 5.74) is -1.68. The van der Waals surface area contributed by atoms with Crippen molar-refractivity contribution in [2.24, 2.45) is 34.0 Å². The summed E-state index contributed by atoms with van der Waals surface area (Å²) < 4.78 is 23.9. The summed E-state index contributed by atoms with van der Waals surface area (Å²) in [6.45, 7) is 15.6. The molecule has 1 spiro atoms. The molecule has 0 aromatic carbocycles. The normalized spacial score (nSPS) is 43.6. The number of esters is 4. The average Bonchev–Trinajstić information content (AvgIpc) is 2.94. The third-order valence-electron chi connectivity index (χ3n) is 9.99. The van der Waals surface area contributed by atoms with Gasteiger partial charge in [-0.25, -0.2) is 0 Å². The Morgan fingerprint density at radius 1 is 0.811 bits per heavy atom. The van der Waals surface area contributed by atoms with E-state index in [4.69, 9.17) is 18.9 Å². The number of ether oxygens (including phenoxy) is 4. The lowest BCUT2D eigenvalue weighted by Gasteiger charge is -2.68. The first kappa shape index (κ1) is 27.6. The second-order valence-electron chi connectivity index (χ2n) is 12.4. The van der Waals surface area contributed by atoms with Crippen molar-refractivity contribution in [2.45, 2.75) is 105 Å². The van der Waals surface area contributed by atoms with Crippen molar-refractivity contribution in [1.29, 1.82) is 0 Å². The van der Waals surface area contributed by atoms with Crippen LogP contribution in [0.25, 0.3) is 0 Å². The van der Waals surface area contributed by atoms with E-state index in [-0.39, 0.29) is 18.3 Å². The van der Waals surface area contributed by atoms with Gasteiger partial charge in [-0.15, -0.1) is 0 Å². The van der Waals surface area contributed by atoms with Crippen molar-refractivity contribution in [3.05, 3.63) is 12.2 Å². The molecule has 0 saturated heterocycles. The maximum Gasteiger partial charge on any atom is 0.303 e. The number of carbonyl (C=O) groups excluding carboxylic acids is 4. The number of rotatable bonds is 4. The molecular formula is C28H40O9. The molecule has 37 heavy (non-hydrogen) atoms. The molecule has 4 rings (SSSR count). The van der Waals surface area contributed by atoms with Crippen molar-refractivity contribution < 1.29 is 43.2 Å². The quantitative estimate of drug-likeness (QED) is 0.338. The van der Waals surface area contributed by atoms with Gasteiger partial charge in [0.05, 0.1) is 11.5 Å². The maximum atomic E-state index is 12.4. The molecule has 0 aliphatic heterocycles. The fourth-order valence-corrected chi connectivity index (χ4v) is 8.83. The molecule has 0 heterocycles. The highest BCUT2D eigenvalue weighted by Gasteiger charge is 2.77. The van der Waals surface area contributed by atoms with Crippen LogP contribution in [0.3, 0.4) is 0 Å². The molecular weight excluding hydrogens is 480 g/mol. The molecule has 10 unspecified atom stereocenters. The zero-order valence-corrected chi connectivity index (χ0v) is 22.9. The SMILES string of the molecule is C=C1C2CC(OC(C)=O)C3C4(C)C(OC(C)=O)CC(O)C(C)(C)C4CC(OC(C)=O)C3(C2)C1OC(C)=O. The molecule has 4 aliphatic rings. The van der Waals surface area contributed by atoms with Gasteiger partial charge in [-0.05, 0) is 42.1 Å². The van der Waals surface area contributed by atoms with Crippen LogP contribution >= 0.6 is 0 Å². The van der Waals surface area contributed by atoms with Crippen molar-refractivity contribution >= 4 is 23.9 Å². The highest BCUT2D eigenvalue weighted by atomic mass is 16.6. The second kappa shape index (κ2) is 9.10. The number of aliphatic hydroxyl groups excluding tert-OH is 1. The Labute approximate surface area is 218 Å². The maximum absolute atomic E-state index is 12.4. The first-order valence-corrected chi connectivity index (χ1v) is 13.1. The lowest BCUT2D eigenvalue weighted by atomic mass is 9.38. The van der Waals surface area contributed by atoms with Gasteiger partial charge in [-0.2, -0.15) is 0 Å². The largest absolute Gasteiger partial charge is 0.462 e. The van der Waals surface area contributed by atoms with Crippen LogP contribution in [0.4, 0.5) is 0 Å². The minimum atomic E-state index is -0.945. The van der Waals surface area contributed by atoms with E-state index in [0.29, 0.717) is 24.8 Å². The third kappa shape index (κ3) is 4.08. The number of fused-ring (bicyclic) bond motifs is 3. The topological polar surface area (TPSA) is 125 Å². The molecule has 4 aliphatic carbocycles. The van der Waals surface area contributed by atoms with Gasteiger partial charge in [0.15, 0.2) is 0 Å². The van der Waals surface area contributed by atoms with Crippen LogP contribution in [0.2, 0.25) is 0 Å². The van der Waals surface area contributed by atoms with Crippen LogP contribution in [0, 0.1) is 34.0 Å². The standard InChI is InChI=1S/C28H40O9/c1-13-18-9-19(34-14(2)29)24-27(8)20(26(6,7)21(33)11-22(27)35-15(3)30)10-23(36-16(4)31)28(24,12-18)25(13)37-17(5)32/h18-25,33H,1,9-12H2,2-8H3. The molecule has 0 amide bonds. The van der Waals surface area contributed by atoms with E-state index in [1.54, 1.807) is 0 Å². The average molecular weight is 521 g/mol. The van der Waals surface area contributed by atoms with Crippen LogP contribution in [0.1, 0.15) is 74.1 Å². The van der Waals surface area contributed by atoms with Gasteiger partial charge in [0, 0.05) is 45.4 Å².